The van der Waals surface area contributed by atoms with E-state index in [-0.39, 0.29) is 0 Å². The van der Waals surface area contributed by atoms with Crippen LogP contribution in [0, 0.1) is 22.7 Å². The van der Waals surface area contributed by atoms with Crippen molar-refractivity contribution in [1.82, 2.24) is 5.32 Å². The molecule has 0 saturated heterocycles. The van der Waals surface area contributed by atoms with E-state index in [1.165, 1.54) is 6.20 Å². The number of hydrogen-bond acceptors (Lipinski definition) is 3. The summed E-state index contributed by atoms with van der Waals surface area (Å²) in [4.78, 5) is 0. The summed E-state index contributed by atoms with van der Waals surface area (Å²) in [7, 11) is 0. The van der Waals surface area contributed by atoms with Crippen molar-refractivity contribution in [3.8, 4) is 12.1 Å². The van der Waals surface area contributed by atoms with Crippen LogP contribution in [-0.2, 0) is 0 Å². The molecule has 0 bridgehead atoms. The van der Waals surface area contributed by atoms with Gasteiger partial charge >= 0.3 is 0 Å². The maximum absolute atomic E-state index is 8.07. The highest BCUT2D eigenvalue weighted by atomic mass is 14.9. The molecule has 0 aliphatic heterocycles. The lowest BCUT2D eigenvalue weighted by molar-refractivity contribution is 0.865. The van der Waals surface area contributed by atoms with Crippen LogP contribution in [0.4, 0.5) is 0 Å². The Morgan fingerprint density at radius 1 is 1.50 bits per heavy atom. The van der Waals surface area contributed by atoms with Crippen molar-refractivity contribution in [1.29, 1.82) is 10.5 Å². The molecule has 0 aromatic carbocycles. The van der Waals surface area contributed by atoms with Crippen LogP contribution >= 0.6 is 0 Å². The molecule has 40 valence electrons. The normalized spacial score (nSPS) is 6.88. The van der Waals surface area contributed by atoms with Gasteiger partial charge in [-0.05, 0) is 6.20 Å². The maximum Gasteiger partial charge on any atom is 0.201 e. The molecule has 0 saturated carbocycles. The second kappa shape index (κ2) is 3.70. The van der Waals surface area contributed by atoms with Gasteiger partial charge in [-0.3, -0.25) is 0 Å². The smallest absolute Gasteiger partial charge is 0.201 e. The molecule has 0 heterocycles. The fourth-order valence-electron chi connectivity index (χ4n) is 0.221. The molecule has 0 aliphatic carbocycles. The molecule has 0 aromatic rings. The lowest BCUT2D eigenvalue weighted by atomic mass is 10.4. The molecule has 3 heteroatoms. The van der Waals surface area contributed by atoms with E-state index < -0.39 is 6.04 Å². The molecule has 0 radical (unpaired) electrons. The first kappa shape index (κ1) is 6.52. The van der Waals surface area contributed by atoms with Crippen LogP contribution in [0.3, 0.4) is 0 Å². The molecular formula is C5H5N3. The number of nitriles is 2. The van der Waals surface area contributed by atoms with Crippen molar-refractivity contribution in [3.05, 3.63) is 12.8 Å². The highest BCUT2D eigenvalue weighted by Gasteiger charge is 1.96. The SMILES string of the molecule is C=CNC(C#N)C#N. The summed E-state index contributed by atoms with van der Waals surface area (Å²) < 4.78 is 0. The molecule has 0 rings (SSSR count). The van der Waals surface area contributed by atoms with Crippen LogP contribution < -0.4 is 5.32 Å². The fraction of sp³-hybridized carbons (Fsp3) is 0.200. The standard InChI is InChI=1S/C5H5N3/c1-2-8-5(3-6)4-7/h2,5,8H,1H2. The molecule has 0 spiro atoms. The third kappa shape index (κ3) is 1.84. The summed E-state index contributed by atoms with van der Waals surface area (Å²) in [6, 6.07) is 2.66. The van der Waals surface area contributed by atoms with Gasteiger partial charge in [0.1, 0.15) is 12.1 Å². The molecule has 0 amide bonds. The van der Waals surface area contributed by atoms with E-state index >= 15 is 0 Å². The maximum atomic E-state index is 8.07. The lowest BCUT2D eigenvalue weighted by Crippen LogP contribution is -2.18. The predicted molar refractivity (Wildman–Crippen MR) is 28.3 cm³/mol. The van der Waals surface area contributed by atoms with Crippen molar-refractivity contribution in [3.63, 3.8) is 0 Å². The third-order valence-corrected chi connectivity index (χ3v) is 0.543. The highest BCUT2D eigenvalue weighted by Crippen LogP contribution is 1.72. The minimum atomic E-state index is -0.757. The Balaban J connectivity index is 3.62. The number of hydrogen-bond donors (Lipinski definition) is 1. The van der Waals surface area contributed by atoms with Crippen LogP contribution in [0.1, 0.15) is 0 Å². The van der Waals surface area contributed by atoms with E-state index in [4.69, 9.17) is 10.5 Å². The first-order chi connectivity index (χ1) is 3.85. The second-order valence-electron chi connectivity index (χ2n) is 1.06. The molecule has 0 unspecified atom stereocenters. The Morgan fingerprint density at radius 3 is 2.12 bits per heavy atom. The minimum absolute atomic E-state index is 0.757. The summed E-state index contributed by atoms with van der Waals surface area (Å²) in [5.41, 5.74) is 0. The van der Waals surface area contributed by atoms with Gasteiger partial charge in [-0.1, -0.05) is 6.58 Å². The van der Waals surface area contributed by atoms with Crippen LogP contribution in [0.15, 0.2) is 12.8 Å². The van der Waals surface area contributed by atoms with Crippen LogP contribution in [0.5, 0.6) is 0 Å². The highest BCUT2D eigenvalue weighted by molar-refractivity contribution is 5.07. The first-order valence-corrected chi connectivity index (χ1v) is 2.01. The van der Waals surface area contributed by atoms with Crippen molar-refractivity contribution < 1.29 is 0 Å². The van der Waals surface area contributed by atoms with Crippen molar-refractivity contribution >= 4 is 0 Å². The quantitative estimate of drug-likeness (QED) is 0.545. The zero-order chi connectivity index (χ0) is 6.41. The van der Waals surface area contributed by atoms with E-state index in [9.17, 15) is 0 Å². The van der Waals surface area contributed by atoms with E-state index in [1.807, 2.05) is 0 Å². The first-order valence-electron chi connectivity index (χ1n) is 2.01. The largest absolute Gasteiger partial charge is 0.365 e. The fourth-order valence-corrected chi connectivity index (χ4v) is 0.221. The van der Waals surface area contributed by atoms with E-state index in [0.717, 1.165) is 0 Å². The third-order valence-electron chi connectivity index (χ3n) is 0.543. The Morgan fingerprint density at radius 2 is 2.00 bits per heavy atom. The zero-order valence-corrected chi connectivity index (χ0v) is 4.26. The van der Waals surface area contributed by atoms with Gasteiger partial charge in [0.05, 0.1) is 0 Å². The molecule has 0 atom stereocenters. The van der Waals surface area contributed by atoms with Gasteiger partial charge in [0.25, 0.3) is 0 Å². The van der Waals surface area contributed by atoms with Crippen molar-refractivity contribution in [2.45, 2.75) is 6.04 Å². The Labute approximate surface area is 47.8 Å². The molecule has 8 heavy (non-hydrogen) atoms. The Bertz CT molecular complexity index is 134. The molecule has 3 nitrogen and oxygen atoms in total. The van der Waals surface area contributed by atoms with Gasteiger partial charge in [-0.2, -0.15) is 10.5 Å². The number of rotatable bonds is 2. The minimum Gasteiger partial charge on any atom is -0.365 e. The molecule has 0 aromatic heterocycles. The van der Waals surface area contributed by atoms with E-state index in [1.54, 1.807) is 12.1 Å². The van der Waals surface area contributed by atoms with Crippen molar-refractivity contribution in [2.24, 2.45) is 0 Å². The van der Waals surface area contributed by atoms with Gasteiger partial charge in [0.2, 0.25) is 6.04 Å². The molecule has 1 N–H and O–H groups in total. The summed E-state index contributed by atoms with van der Waals surface area (Å²) in [5, 5.41) is 18.6. The lowest BCUT2D eigenvalue weighted by Gasteiger charge is -1.93. The summed E-state index contributed by atoms with van der Waals surface area (Å²) >= 11 is 0. The topological polar surface area (TPSA) is 59.6 Å². The Hall–Kier alpha value is -1.48. The van der Waals surface area contributed by atoms with Gasteiger partial charge in [0.15, 0.2) is 0 Å². The predicted octanol–water partition coefficient (Wildman–Crippen LogP) is 0.135. The summed E-state index contributed by atoms with van der Waals surface area (Å²) in [5.74, 6) is 0. The van der Waals surface area contributed by atoms with Gasteiger partial charge < -0.3 is 5.32 Å². The van der Waals surface area contributed by atoms with Gasteiger partial charge in [0, 0.05) is 0 Å². The van der Waals surface area contributed by atoms with Gasteiger partial charge in [-0.25, -0.2) is 0 Å². The van der Waals surface area contributed by atoms with E-state index in [2.05, 4.69) is 11.9 Å². The molecule has 0 aliphatic rings. The average Bonchev–Trinajstić information content (AvgIpc) is 1.83. The molecule has 0 fully saturated rings. The second-order valence-corrected chi connectivity index (χ2v) is 1.06. The summed E-state index contributed by atoms with van der Waals surface area (Å²) in [6.45, 7) is 3.28. The van der Waals surface area contributed by atoms with Gasteiger partial charge in [-0.15, -0.1) is 0 Å². The van der Waals surface area contributed by atoms with Crippen molar-refractivity contribution in [2.75, 3.05) is 0 Å². The average molecular weight is 107 g/mol. The summed E-state index contributed by atoms with van der Waals surface area (Å²) in [6.07, 6.45) is 1.32. The van der Waals surface area contributed by atoms with Crippen LogP contribution in [0.25, 0.3) is 0 Å². The zero-order valence-electron chi connectivity index (χ0n) is 4.26. The van der Waals surface area contributed by atoms with Crippen LogP contribution in [-0.4, -0.2) is 6.04 Å². The number of nitrogens with one attached hydrogen (secondary N) is 1. The monoisotopic (exact) mass is 107 g/mol. The van der Waals surface area contributed by atoms with E-state index in [0.29, 0.717) is 0 Å². The Kier molecular flexibility index (Phi) is 3.02. The van der Waals surface area contributed by atoms with Crippen LogP contribution in [0.2, 0.25) is 0 Å². The number of nitrogens with zero attached hydrogens (tertiary/aromatic N) is 2. The molecular weight excluding hydrogens is 102 g/mol.